The summed E-state index contributed by atoms with van der Waals surface area (Å²) in [6.07, 6.45) is 0. The lowest BCUT2D eigenvalue weighted by Crippen LogP contribution is -2.00. The van der Waals surface area contributed by atoms with E-state index in [1.807, 2.05) is 38.1 Å². The maximum Gasteiger partial charge on any atom is 0.212 e. The quantitative estimate of drug-likeness (QED) is 0.743. The van der Waals surface area contributed by atoms with Gasteiger partial charge in [0.05, 0.1) is 12.8 Å². The van der Waals surface area contributed by atoms with Crippen LogP contribution in [0, 0.1) is 25.2 Å². The third-order valence-electron chi connectivity index (χ3n) is 3.34. The van der Waals surface area contributed by atoms with E-state index in [2.05, 4.69) is 21.4 Å². The van der Waals surface area contributed by atoms with E-state index in [4.69, 9.17) is 4.74 Å². The molecule has 6 nitrogen and oxygen atoms in total. The Bertz CT molecular complexity index is 855. The summed E-state index contributed by atoms with van der Waals surface area (Å²) in [6, 6.07) is 9.56. The Morgan fingerprint density at radius 1 is 1.27 bits per heavy atom. The average molecular weight is 311 g/mol. The van der Waals surface area contributed by atoms with Crippen molar-refractivity contribution >= 4 is 11.3 Å². The fraction of sp³-hybridized carbons (Fsp3) is 0.200. The van der Waals surface area contributed by atoms with E-state index in [0.717, 1.165) is 16.1 Å². The van der Waals surface area contributed by atoms with Crippen molar-refractivity contribution < 1.29 is 4.74 Å². The molecular weight excluding hydrogens is 298 g/mol. The van der Waals surface area contributed by atoms with Crippen molar-refractivity contribution in [1.82, 2.24) is 20.0 Å². The van der Waals surface area contributed by atoms with Gasteiger partial charge in [-0.2, -0.15) is 9.94 Å². The predicted molar refractivity (Wildman–Crippen MR) is 83.2 cm³/mol. The van der Waals surface area contributed by atoms with E-state index in [-0.39, 0.29) is 5.69 Å². The molecule has 0 fully saturated rings. The van der Waals surface area contributed by atoms with Crippen molar-refractivity contribution in [3.8, 4) is 28.2 Å². The van der Waals surface area contributed by atoms with Crippen LogP contribution >= 0.6 is 11.3 Å². The third kappa shape index (κ3) is 2.23. The van der Waals surface area contributed by atoms with Gasteiger partial charge in [-0.1, -0.05) is 28.7 Å². The molecule has 0 N–H and O–H groups in total. The summed E-state index contributed by atoms with van der Waals surface area (Å²) in [5.74, 6) is 0.660. The average Bonchev–Trinajstić information content (AvgIpc) is 3.10. The zero-order valence-corrected chi connectivity index (χ0v) is 13.2. The van der Waals surface area contributed by atoms with Crippen molar-refractivity contribution in [2.75, 3.05) is 7.11 Å². The standard InChI is InChI=1S/C15H13N5OS/c1-9-10(2)22-15(17-9)20-14(12(8-16)18-19-20)11-6-4-5-7-13(11)21-3/h4-7H,1-3H3. The molecule has 0 bridgehead atoms. The molecule has 2 aromatic heterocycles. The summed E-state index contributed by atoms with van der Waals surface area (Å²) in [6.45, 7) is 3.95. The first kappa shape index (κ1) is 14.2. The molecule has 1 aromatic carbocycles. The van der Waals surface area contributed by atoms with Crippen LogP contribution in [0.3, 0.4) is 0 Å². The van der Waals surface area contributed by atoms with Crippen molar-refractivity contribution in [1.29, 1.82) is 5.26 Å². The van der Waals surface area contributed by atoms with E-state index < -0.39 is 0 Å². The van der Waals surface area contributed by atoms with Crippen LogP contribution in [0.4, 0.5) is 0 Å². The van der Waals surface area contributed by atoms with Gasteiger partial charge in [-0.3, -0.25) is 0 Å². The number of aromatic nitrogens is 4. The molecule has 0 amide bonds. The second-order valence-corrected chi connectivity index (χ2v) is 5.83. The largest absolute Gasteiger partial charge is 0.496 e. The number of hydrogen-bond acceptors (Lipinski definition) is 6. The van der Waals surface area contributed by atoms with Crippen LogP contribution in [0.25, 0.3) is 16.4 Å². The number of thiazole rings is 1. The highest BCUT2D eigenvalue weighted by Crippen LogP contribution is 2.33. The molecular formula is C15H13N5OS. The van der Waals surface area contributed by atoms with Gasteiger partial charge in [-0.15, -0.1) is 5.10 Å². The van der Waals surface area contributed by atoms with E-state index in [1.54, 1.807) is 11.8 Å². The lowest BCUT2D eigenvalue weighted by atomic mass is 10.1. The van der Waals surface area contributed by atoms with Gasteiger partial charge in [0.15, 0.2) is 5.69 Å². The molecule has 0 aliphatic carbocycles. The topological polar surface area (TPSA) is 76.6 Å². The fourth-order valence-electron chi connectivity index (χ4n) is 2.12. The Labute approximate surface area is 131 Å². The molecule has 0 saturated heterocycles. The minimum atomic E-state index is 0.245. The highest BCUT2D eigenvalue weighted by Gasteiger charge is 2.21. The third-order valence-corrected chi connectivity index (χ3v) is 4.39. The van der Waals surface area contributed by atoms with Crippen molar-refractivity contribution in [2.45, 2.75) is 13.8 Å². The Morgan fingerprint density at radius 2 is 2.05 bits per heavy atom. The monoisotopic (exact) mass is 311 g/mol. The second kappa shape index (κ2) is 5.58. The molecule has 0 aliphatic rings. The molecule has 0 spiro atoms. The lowest BCUT2D eigenvalue weighted by molar-refractivity contribution is 0.416. The Morgan fingerprint density at radius 3 is 2.68 bits per heavy atom. The number of para-hydroxylation sites is 1. The smallest absolute Gasteiger partial charge is 0.212 e. The number of benzene rings is 1. The first-order valence-corrected chi connectivity index (χ1v) is 7.41. The molecule has 22 heavy (non-hydrogen) atoms. The Balaban J connectivity index is 2.27. The molecule has 0 saturated carbocycles. The SMILES string of the molecule is COc1ccccc1-c1c(C#N)nnn1-c1nc(C)c(C)s1. The lowest BCUT2D eigenvalue weighted by Gasteiger charge is -2.08. The Kier molecular flexibility index (Phi) is 3.61. The molecule has 0 aliphatic heterocycles. The number of ether oxygens (including phenoxy) is 1. The molecule has 0 atom stereocenters. The molecule has 3 aromatic rings. The van der Waals surface area contributed by atoms with Crippen LogP contribution < -0.4 is 4.74 Å². The molecule has 0 unspecified atom stereocenters. The fourth-order valence-corrected chi connectivity index (χ4v) is 2.98. The van der Waals surface area contributed by atoms with Crippen molar-refractivity contribution in [3.05, 3.63) is 40.5 Å². The van der Waals surface area contributed by atoms with Gasteiger partial charge < -0.3 is 4.74 Å². The zero-order valence-electron chi connectivity index (χ0n) is 12.4. The number of nitrogens with zero attached hydrogens (tertiary/aromatic N) is 5. The highest BCUT2D eigenvalue weighted by atomic mass is 32.1. The number of rotatable bonds is 3. The highest BCUT2D eigenvalue weighted by molar-refractivity contribution is 7.14. The van der Waals surface area contributed by atoms with Gasteiger partial charge in [-0.25, -0.2) is 4.98 Å². The van der Waals surface area contributed by atoms with E-state index >= 15 is 0 Å². The summed E-state index contributed by atoms with van der Waals surface area (Å²) < 4.78 is 6.99. The predicted octanol–water partition coefficient (Wildman–Crippen LogP) is 2.89. The normalized spacial score (nSPS) is 10.5. The van der Waals surface area contributed by atoms with Gasteiger partial charge in [0.1, 0.15) is 17.5 Å². The molecule has 2 heterocycles. The zero-order chi connectivity index (χ0) is 15.7. The Hall–Kier alpha value is -2.72. The van der Waals surface area contributed by atoms with E-state index in [9.17, 15) is 5.26 Å². The van der Waals surface area contributed by atoms with Crippen LogP contribution in [-0.4, -0.2) is 27.1 Å². The molecule has 0 radical (unpaired) electrons. The first-order chi connectivity index (χ1) is 10.7. The summed E-state index contributed by atoms with van der Waals surface area (Å²) in [4.78, 5) is 5.60. The minimum absolute atomic E-state index is 0.245. The van der Waals surface area contributed by atoms with Crippen LogP contribution in [0.15, 0.2) is 24.3 Å². The van der Waals surface area contributed by atoms with Gasteiger partial charge >= 0.3 is 0 Å². The van der Waals surface area contributed by atoms with Crippen LogP contribution in [-0.2, 0) is 0 Å². The number of aryl methyl sites for hydroxylation is 2. The van der Waals surface area contributed by atoms with Gasteiger partial charge in [0.2, 0.25) is 5.13 Å². The first-order valence-electron chi connectivity index (χ1n) is 6.59. The van der Waals surface area contributed by atoms with Gasteiger partial charge in [0.25, 0.3) is 0 Å². The maximum absolute atomic E-state index is 9.34. The number of methoxy groups -OCH3 is 1. The minimum Gasteiger partial charge on any atom is -0.496 e. The van der Waals surface area contributed by atoms with Gasteiger partial charge in [0, 0.05) is 10.4 Å². The van der Waals surface area contributed by atoms with E-state index in [1.165, 1.54) is 11.3 Å². The number of hydrogen-bond donors (Lipinski definition) is 0. The summed E-state index contributed by atoms with van der Waals surface area (Å²) >= 11 is 1.51. The number of nitriles is 1. The van der Waals surface area contributed by atoms with Crippen LogP contribution in [0.2, 0.25) is 0 Å². The van der Waals surface area contributed by atoms with Crippen LogP contribution in [0.5, 0.6) is 5.75 Å². The van der Waals surface area contributed by atoms with Crippen molar-refractivity contribution in [2.24, 2.45) is 0 Å². The summed E-state index contributed by atoms with van der Waals surface area (Å²) in [7, 11) is 1.59. The molecule has 3 rings (SSSR count). The van der Waals surface area contributed by atoms with Crippen LogP contribution in [0.1, 0.15) is 16.3 Å². The second-order valence-electron chi connectivity index (χ2n) is 4.65. The molecule has 110 valence electrons. The van der Waals surface area contributed by atoms with Crippen molar-refractivity contribution in [3.63, 3.8) is 0 Å². The van der Waals surface area contributed by atoms with Gasteiger partial charge in [-0.05, 0) is 26.0 Å². The van der Waals surface area contributed by atoms with E-state index in [0.29, 0.717) is 16.6 Å². The summed E-state index contributed by atoms with van der Waals surface area (Å²) in [5, 5.41) is 18.1. The summed E-state index contributed by atoms with van der Waals surface area (Å²) in [5.41, 5.74) is 2.54. The molecule has 7 heteroatoms. The maximum atomic E-state index is 9.34.